The number of aromatic nitrogens is 2. The van der Waals surface area contributed by atoms with E-state index < -0.39 is 23.2 Å². The van der Waals surface area contributed by atoms with Gasteiger partial charge in [-0.05, 0) is 25.0 Å². The maximum atomic E-state index is 13.0. The number of rotatable bonds is 7. The molecule has 0 unspecified atom stereocenters. The molecule has 1 atom stereocenters. The number of carbonyl (C=O) groups is 2. The van der Waals surface area contributed by atoms with E-state index in [4.69, 9.17) is 4.74 Å². The van der Waals surface area contributed by atoms with Crippen LogP contribution in [0.3, 0.4) is 0 Å². The highest BCUT2D eigenvalue weighted by molar-refractivity contribution is 8.01. The number of carbonyl (C=O) groups excluding carboxylic acids is 2. The Morgan fingerprint density at radius 2 is 2.07 bits per heavy atom. The third kappa shape index (κ3) is 6.15. The molecule has 2 heterocycles. The van der Waals surface area contributed by atoms with Crippen LogP contribution in [0.25, 0.3) is 0 Å². The van der Waals surface area contributed by atoms with Crippen molar-refractivity contribution in [1.29, 1.82) is 0 Å². The van der Waals surface area contributed by atoms with Gasteiger partial charge < -0.3 is 10.1 Å². The molecule has 0 bridgehead atoms. The quantitative estimate of drug-likeness (QED) is 0.501. The molecule has 156 valence electrons. The lowest BCUT2D eigenvalue weighted by Gasteiger charge is -2.11. The molecule has 1 aliphatic rings. The standard InChI is InChI=1S/C17H17F3N4O3S2/c18-17(19,20)12-6-2-1-5-11(12)14(26)22-15-23-24-16(29-15)28-9-13(25)21-8-10-4-3-7-27-10/h1-2,5-6,10H,3-4,7-9H2,(H,21,25)(H,22,23,26)/t10-/m1/s1. The summed E-state index contributed by atoms with van der Waals surface area (Å²) in [7, 11) is 0. The van der Waals surface area contributed by atoms with Crippen molar-refractivity contribution in [2.45, 2.75) is 29.5 Å². The van der Waals surface area contributed by atoms with Gasteiger partial charge in [0, 0.05) is 13.2 Å². The molecule has 2 amide bonds. The summed E-state index contributed by atoms with van der Waals surface area (Å²) < 4.78 is 44.9. The summed E-state index contributed by atoms with van der Waals surface area (Å²) in [5.74, 6) is -1.02. The highest BCUT2D eigenvalue weighted by Gasteiger charge is 2.35. The first kappa shape index (κ1) is 21.5. The maximum Gasteiger partial charge on any atom is 0.417 e. The molecule has 0 aliphatic carbocycles. The lowest BCUT2D eigenvalue weighted by atomic mass is 10.1. The minimum Gasteiger partial charge on any atom is -0.376 e. The van der Waals surface area contributed by atoms with Gasteiger partial charge in [0.05, 0.1) is 23.0 Å². The highest BCUT2D eigenvalue weighted by Crippen LogP contribution is 2.32. The average molecular weight is 446 g/mol. The molecule has 29 heavy (non-hydrogen) atoms. The van der Waals surface area contributed by atoms with Gasteiger partial charge in [0.1, 0.15) is 0 Å². The predicted octanol–water partition coefficient (Wildman–Crippen LogP) is 3.20. The summed E-state index contributed by atoms with van der Waals surface area (Å²) in [6, 6.07) is 4.49. The van der Waals surface area contributed by atoms with Crippen LogP contribution >= 0.6 is 23.1 Å². The van der Waals surface area contributed by atoms with Crippen LogP contribution in [0.5, 0.6) is 0 Å². The highest BCUT2D eigenvalue weighted by atomic mass is 32.2. The number of nitrogens with one attached hydrogen (secondary N) is 2. The third-order valence-corrected chi connectivity index (χ3v) is 5.95. The van der Waals surface area contributed by atoms with Crippen LogP contribution in [0.15, 0.2) is 28.6 Å². The second-order valence-corrected chi connectivity index (χ2v) is 8.30. The third-order valence-electron chi connectivity index (χ3n) is 3.98. The van der Waals surface area contributed by atoms with Crippen molar-refractivity contribution in [2.24, 2.45) is 0 Å². The zero-order valence-corrected chi connectivity index (χ0v) is 16.6. The monoisotopic (exact) mass is 446 g/mol. The topological polar surface area (TPSA) is 93.2 Å². The van der Waals surface area contributed by atoms with E-state index in [0.29, 0.717) is 17.5 Å². The predicted molar refractivity (Wildman–Crippen MR) is 102 cm³/mol. The molecule has 1 aromatic carbocycles. The Bertz CT molecular complexity index is 870. The first-order valence-electron chi connectivity index (χ1n) is 8.65. The van der Waals surface area contributed by atoms with Gasteiger partial charge in [-0.15, -0.1) is 10.2 Å². The Kier molecular flexibility index (Phi) is 7.09. The van der Waals surface area contributed by atoms with E-state index in [1.165, 1.54) is 12.1 Å². The van der Waals surface area contributed by atoms with E-state index in [2.05, 4.69) is 20.8 Å². The van der Waals surface area contributed by atoms with Crippen molar-refractivity contribution in [3.63, 3.8) is 0 Å². The molecule has 0 spiro atoms. The van der Waals surface area contributed by atoms with E-state index in [1.54, 1.807) is 0 Å². The number of benzene rings is 1. The van der Waals surface area contributed by atoms with Gasteiger partial charge in [-0.2, -0.15) is 13.2 Å². The van der Waals surface area contributed by atoms with Gasteiger partial charge >= 0.3 is 6.18 Å². The second kappa shape index (κ2) is 9.55. The molecular formula is C17H17F3N4O3S2. The molecule has 0 radical (unpaired) electrons. The zero-order valence-electron chi connectivity index (χ0n) is 15.0. The zero-order chi connectivity index (χ0) is 20.9. The van der Waals surface area contributed by atoms with Gasteiger partial charge in [-0.25, -0.2) is 0 Å². The van der Waals surface area contributed by atoms with Crippen LogP contribution < -0.4 is 10.6 Å². The first-order valence-corrected chi connectivity index (χ1v) is 10.5. The normalized spacial score (nSPS) is 16.6. The molecule has 2 aromatic rings. The number of ether oxygens (including phenoxy) is 1. The number of halogens is 3. The van der Waals surface area contributed by atoms with E-state index in [1.807, 2.05) is 0 Å². The smallest absolute Gasteiger partial charge is 0.376 e. The summed E-state index contributed by atoms with van der Waals surface area (Å²) in [4.78, 5) is 24.1. The lowest BCUT2D eigenvalue weighted by molar-refractivity contribution is -0.137. The summed E-state index contributed by atoms with van der Waals surface area (Å²) in [6.45, 7) is 1.16. The minimum absolute atomic E-state index is 0.0480. The van der Waals surface area contributed by atoms with Gasteiger partial charge in [-0.3, -0.25) is 14.9 Å². The summed E-state index contributed by atoms with van der Waals surface area (Å²) in [6.07, 6.45) is -2.69. The van der Waals surface area contributed by atoms with E-state index in [0.717, 1.165) is 48.1 Å². The van der Waals surface area contributed by atoms with Crippen LogP contribution in [-0.4, -0.2) is 47.0 Å². The maximum absolute atomic E-state index is 13.0. The van der Waals surface area contributed by atoms with Crippen LogP contribution in [0, 0.1) is 0 Å². The van der Waals surface area contributed by atoms with Crippen molar-refractivity contribution >= 4 is 40.0 Å². The number of hydrogen-bond acceptors (Lipinski definition) is 7. The number of alkyl halides is 3. The van der Waals surface area contributed by atoms with E-state index >= 15 is 0 Å². The number of thioether (sulfide) groups is 1. The fourth-order valence-electron chi connectivity index (χ4n) is 2.62. The number of nitrogens with zero attached hydrogens (tertiary/aromatic N) is 2. The van der Waals surface area contributed by atoms with Crippen molar-refractivity contribution in [1.82, 2.24) is 15.5 Å². The van der Waals surface area contributed by atoms with Crippen LogP contribution in [0.4, 0.5) is 18.3 Å². The van der Waals surface area contributed by atoms with E-state index in [9.17, 15) is 22.8 Å². The van der Waals surface area contributed by atoms with Crippen molar-refractivity contribution in [3.8, 4) is 0 Å². The van der Waals surface area contributed by atoms with Crippen molar-refractivity contribution in [2.75, 3.05) is 24.2 Å². The molecular weight excluding hydrogens is 429 g/mol. The van der Waals surface area contributed by atoms with Gasteiger partial charge in [0.15, 0.2) is 4.34 Å². The minimum atomic E-state index is -4.65. The number of anilines is 1. The average Bonchev–Trinajstić information content (AvgIpc) is 3.36. The Morgan fingerprint density at radius 3 is 2.79 bits per heavy atom. The molecule has 0 saturated carbocycles. The molecule has 1 fully saturated rings. The molecule has 12 heteroatoms. The Morgan fingerprint density at radius 1 is 1.28 bits per heavy atom. The largest absolute Gasteiger partial charge is 0.417 e. The first-order chi connectivity index (χ1) is 13.8. The molecule has 2 N–H and O–H groups in total. The Balaban J connectivity index is 1.51. The molecule has 1 aliphatic heterocycles. The molecule has 3 rings (SSSR count). The van der Waals surface area contributed by atoms with Gasteiger partial charge in [0.25, 0.3) is 5.91 Å². The van der Waals surface area contributed by atoms with Crippen molar-refractivity contribution in [3.05, 3.63) is 35.4 Å². The molecule has 7 nitrogen and oxygen atoms in total. The fraction of sp³-hybridized carbons (Fsp3) is 0.412. The van der Waals surface area contributed by atoms with Crippen LogP contribution in [0.1, 0.15) is 28.8 Å². The van der Waals surface area contributed by atoms with Crippen LogP contribution in [-0.2, 0) is 15.7 Å². The summed E-state index contributed by atoms with van der Waals surface area (Å²) in [5.41, 5.74) is -1.53. The number of hydrogen-bond donors (Lipinski definition) is 2. The van der Waals surface area contributed by atoms with E-state index in [-0.39, 0.29) is 22.9 Å². The van der Waals surface area contributed by atoms with Gasteiger partial charge in [-0.1, -0.05) is 35.2 Å². The summed E-state index contributed by atoms with van der Waals surface area (Å²) >= 11 is 2.10. The lowest BCUT2D eigenvalue weighted by Crippen LogP contribution is -2.32. The second-order valence-electron chi connectivity index (χ2n) is 6.10. The SMILES string of the molecule is O=C(CSc1nnc(NC(=O)c2ccccc2C(F)(F)F)s1)NC[C@H]1CCCO1. The summed E-state index contributed by atoms with van der Waals surface area (Å²) in [5, 5.41) is 12.7. The fourth-order valence-corrected chi connectivity index (χ4v) is 4.20. The Labute approximate surface area is 172 Å². The molecule has 1 aromatic heterocycles. The number of amides is 2. The molecule has 1 saturated heterocycles. The van der Waals surface area contributed by atoms with Crippen molar-refractivity contribution < 1.29 is 27.5 Å². The van der Waals surface area contributed by atoms with Gasteiger partial charge in [0.2, 0.25) is 11.0 Å². The Hall–Kier alpha value is -2.18. The van der Waals surface area contributed by atoms with Crippen LogP contribution in [0.2, 0.25) is 0 Å².